The van der Waals surface area contributed by atoms with Crippen LogP contribution in [-0.2, 0) is 17.7 Å². The molecule has 1 aliphatic rings. The number of ether oxygens (including phenoxy) is 1. The van der Waals surface area contributed by atoms with E-state index in [1.807, 2.05) is 24.3 Å². The van der Waals surface area contributed by atoms with Crippen LogP contribution in [0.2, 0.25) is 5.02 Å². The van der Waals surface area contributed by atoms with Gasteiger partial charge in [-0.2, -0.15) is 5.10 Å². The lowest BCUT2D eigenvalue weighted by Crippen LogP contribution is -2.31. The van der Waals surface area contributed by atoms with Gasteiger partial charge >= 0.3 is 5.97 Å². The summed E-state index contributed by atoms with van der Waals surface area (Å²) in [6, 6.07) is 11.1. The number of benzene rings is 1. The first-order valence-electron chi connectivity index (χ1n) is 8.73. The van der Waals surface area contributed by atoms with Gasteiger partial charge in [0.25, 0.3) is 0 Å². The molecule has 0 spiro atoms. The molecule has 138 valence electrons. The van der Waals surface area contributed by atoms with E-state index in [0.29, 0.717) is 24.0 Å². The summed E-state index contributed by atoms with van der Waals surface area (Å²) in [5.74, 6) is 0.252. The van der Waals surface area contributed by atoms with Crippen molar-refractivity contribution < 1.29 is 9.53 Å². The summed E-state index contributed by atoms with van der Waals surface area (Å²) < 4.78 is 4.95. The van der Waals surface area contributed by atoms with Crippen LogP contribution in [0.15, 0.2) is 36.4 Å². The third-order valence-electron chi connectivity index (χ3n) is 4.49. The predicted molar refractivity (Wildman–Crippen MR) is 102 cm³/mol. The van der Waals surface area contributed by atoms with Gasteiger partial charge in [0, 0.05) is 41.4 Å². The van der Waals surface area contributed by atoms with Gasteiger partial charge in [-0.1, -0.05) is 23.7 Å². The number of nitrogens with one attached hydrogen (secondary N) is 1. The second-order valence-electron chi connectivity index (χ2n) is 6.21. The van der Waals surface area contributed by atoms with E-state index in [9.17, 15) is 4.79 Å². The predicted octanol–water partition coefficient (Wildman–Crippen LogP) is 3.26. The van der Waals surface area contributed by atoms with Crippen molar-refractivity contribution in [1.82, 2.24) is 20.4 Å². The molecule has 0 atom stereocenters. The molecule has 2 aromatic heterocycles. The number of hydrogen-bond donors (Lipinski definition) is 1. The molecule has 0 aliphatic carbocycles. The summed E-state index contributed by atoms with van der Waals surface area (Å²) >= 11 is 6.13. The number of esters is 1. The zero-order valence-corrected chi connectivity index (χ0v) is 15.5. The Hall–Kier alpha value is -2.93. The minimum Gasteiger partial charge on any atom is -0.461 e. The van der Waals surface area contributed by atoms with Gasteiger partial charge in [-0.15, -0.1) is 10.2 Å². The van der Waals surface area contributed by atoms with E-state index in [4.69, 9.17) is 16.3 Å². The van der Waals surface area contributed by atoms with Gasteiger partial charge in [-0.25, -0.2) is 4.79 Å². The Balaban J connectivity index is 1.58. The lowest BCUT2D eigenvalue weighted by atomic mass is 10.0. The molecular formula is C19H18ClN5O2. The van der Waals surface area contributed by atoms with Crippen molar-refractivity contribution in [3.05, 3.63) is 58.4 Å². The summed E-state index contributed by atoms with van der Waals surface area (Å²) in [6.07, 6.45) is 0.824. The van der Waals surface area contributed by atoms with Crippen molar-refractivity contribution in [1.29, 1.82) is 0 Å². The molecule has 0 saturated carbocycles. The fourth-order valence-corrected chi connectivity index (χ4v) is 3.36. The molecule has 27 heavy (non-hydrogen) atoms. The zero-order valence-electron chi connectivity index (χ0n) is 14.8. The minimum absolute atomic E-state index is 0.209. The number of nitrogens with zero attached hydrogens (tertiary/aromatic N) is 4. The van der Waals surface area contributed by atoms with Crippen LogP contribution in [0.1, 0.15) is 28.7 Å². The van der Waals surface area contributed by atoms with Crippen molar-refractivity contribution in [3.63, 3.8) is 0 Å². The van der Waals surface area contributed by atoms with Crippen molar-refractivity contribution in [2.24, 2.45) is 0 Å². The highest BCUT2D eigenvalue weighted by Crippen LogP contribution is 2.31. The Kier molecular flexibility index (Phi) is 4.77. The lowest BCUT2D eigenvalue weighted by Gasteiger charge is -2.27. The molecule has 1 N–H and O–H groups in total. The van der Waals surface area contributed by atoms with Crippen molar-refractivity contribution in [2.75, 3.05) is 18.1 Å². The molecule has 7 nitrogen and oxygen atoms in total. The van der Waals surface area contributed by atoms with Crippen LogP contribution in [0.5, 0.6) is 0 Å². The fraction of sp³-hybridized carbons (Fsp3) is 0.263. The molecule has 0 amide bonds. The van der Waals surface area contributed by atoms with Crippen molar-refractivity contribution >= 4 is 23.4 Å². The fourth-order valence-electron chi connectivity index (χ4n) is 3.17. The maximum absolute atomic E-state index is 11.7. The molecular weight excluding hydrogens is 366 g/mol. The lowest BCUT2D eigenvalue weighted by molar-refractivity contribution is 0.0518. The molecule has 0 unspecified atom stereocenters. The number of carbonyl (C=O) groups is 1. The van der Waals surface area contributed by atoms with Gasteiger partial charge < -0.3 is 9.64 Å². The van der Waals surface area contributed by atoms with E-state index < -0.39 is 5.97 Å². The summed E-state index contributed by atoms with van der Waals surface area (Å²) in [6.45, 7) is 3.51. The summed E-state index contributed by atoms with van der Waals surface area (Å²) in [5, 5.41) is 16.5. The Morgan fingerprint density at radius 2 is 2.19 bits per heavy atom. The molecule has 8 heteroatoms. The molecule has 0 saturated heterocycles. The Morgan fingerprint density at radius 3 is 2.93 bits per heavy atom. The van der Waals surface area contributed by atoms with Crippen LogP contribution in [0.3, 0.4) is 0 Å². The Labute approximate surface area is 161 Å². The Bertz CT molecular complexity index is 970. The monoisotopic (exact) mass is 383 g/mol. The molecule has 0 bridgehead atoms. The van der Waals surface area contributed by atoms with Crippen LogP contribution >= 0.6 is 11.6 Å². The van der Waals surface area contributed by atoms with Gasteiger partial charge in [-0.3, -0.25) is 5.10 Å². The first kappa shape index (κ1) is 17.5. The minimum atomic E-state index is -0.462. The summed E-state index contributed by atoms with van der Waals surface area (Å²) in [5.41, 5.74) is 4.33. The van der Waals surface area contributed by atoms with Crippen LogP contribution in [0.25, 0.3) is 11.3 Å². The highest BCUT2D eigenvalue weighted by atomic mass is 35.5. The summed E-state index contributed by atoms with van der Waals surface area (Å²) in [4.78, 5) is 13.8. The van der Waals surface area contributed by atoms with Crippen molar-refractivity contribution in [2.45, 2.75) is 19.9 Å². The van der Waals surface area contributed by atoms with Gasteiger partial charge in [0.2, 0.25) is 0 Å². The SMILES string of the molecule is CCOC(=O)c1ccc(N2CCc3[nH]nc(-c4cccc(Cl)c4)c3C2)nn1. The number of aromatic nitrogens is 4. The Morgan fingerprint density at radius 1 is 1.30 bits per heavy atom. The molecule has 1 aliphatic heterocycles. The highest BCUT2D eigenvalue weighted by molar-refractivity contribution is 6.30. The molecule has 3 aromatic rings. The number of halogens is 1. The topological polar surface area (TPSA) is 84.0 Å². The molecule has 0 fully saturated rings. The second kappa shape index (κ2) is 7.36. The maximum Gasteiger partial charge on any atom is 0.358 e. The second-order valence-corrected chi connectivity index (χ2v) is 6.64. The average molecular weight is 384 g/mol. The third-order valence-corrected chi connectivity index (χ3v) is 4.73. The van der Waals surface area contributed by atoms with E-state index in [0.717, 1.165) is 35.5 Å². The van der Waals surface area contributed by atoms with Crippen LogP contribution < -0.4 is 4.90 Å². The molecule has 4 rings (SSSR count). The number of H-pyrrole nitrogens is 1. The van der Waals surface area contributed by atoms with Crippen LogP contribution in [-0.4, -0.2) is 39.5 Å². The molecule has 1 aromatic carbocycles. The van der Waals surface area contributed by atoms with Crippen LogP contribution in [0, 0.1) is 0 Å². The number of carbonyl (C=O) groups excluding carboxylic acids is 1. The summed E-state index contributed by atoms with van der Waals surface area (Å²) in [7, 11) is 0. The normalized spacial score (nSPS) is 13.3. The van der Waals surface area contributed by atoms with Gasteiger partial charge in [-0.05, 0) is 31.2 Å². The molecule has 0 radical (unpaired) electrons. The van der Waals surface area contributed by atoms with E-state index in [2.05, 4.69) is 25.3 Å². The zero-order chi connectivity index (χ0) is 18.8. The average Bonchev–Trinajstić information content (AvgIpc) is 3.11. The highest BCUT2D eigenvalue weighted by Gasteiger charge is 2.24. The van der Waals surface area contributed by atoms with E-state index in [1.165, 1.54) is 0 Å². The first-order valence-corrected chi connectivity index (χ1v) is 9.11. The van der Waals surface area contributed by atoms with Crippen molar-refractivity contribution in [3.8, 4) is 11.3 Å². The number of rotatable bonds is 4. The molecule has 3 heterocycles. The largest absolute Gasteiger partial charge is 0.461 e. The van der Waals surface area contributed by atoms with E-state index in [-0.39, 0.29) is 5.69 Å². The maximum atomic E-state index is 11.7. The van der Waals surface area contributed by atoms with Crippen LogP contribution in [0.4, 0.5) is 5.82 Å². The van der Waals surface area contributed by atoms with E-state index >= 15 is 0 Å². The van der Waals surface area contributed by atoms with Gasteiger partial charge in [0.1, 0.15) is 0 Å². The quantitative estimate of drug-likeness (QED) is 0.696. The van der Waals surface area contributed by atoms with E-state index in [1.54, 1.807) is 19.1 Å². The standard InChI is InChI=1S/C19H18ClN5O2/c1-2-27-19(26)16-6-7-17(23-22-16)25-9-8-15-14(11-25)18(24-21-15)12-4-3-5-13(20)10-12/h3-7,10H,2,8-9,11H2,1H3,(H,21,24). The number of anilines is 1. The number of aromatic amines is 1. The third kappa shape index (κ3) is 3.50. The number of hydrogen-bond acceptors (Lipinski definition) is 6. The smallest absolute Gasteiger partial charge is 0.358 e. The number of fused-ring (bicyclic) bond motifs is 1. The first-order chi connectivity index (χ1) is 13.2. The van der Waals surface area contributed by atoms with Gasteiger partial charge in [0.05, 0.1) is 12.3 Å². The van der Waals surface area contributed by atoms with Gasteiger partial charge in [0.15, 0.2) is 11.5 Å².